The molecular formula is C7H8ClF3N2. The second-order valence-electron chi connectivity index (χ2n) is 2.66. The average molecular weight is 213 g/mol. The van der Waals surface area contributed by atoms with Crippen LogP contribution in [0.1, 0.15) is 11.3 Å². The maximum atomic E-state index is 11.9. The Morgan fingerprint density at radius 2 is 2.15 bits per heavy atom. The van der Waals surface area contributed by atoms with Crippen LogP contribution in [0.25, 0.3) is 0 Å². The minimum absolute atomic E-state index is 0.184. The zero-order valence-electron chi connectivity index (χ0n) is 6.90. The van der Waals surface area contributed by atoms with Gasteiger partial charge in [0, 0.05) is 11.3 Å². The Morgan fingerprint density at radius 1 is 1.54 bits per heavy atom. The predicted molar refractivity (Wildman–Crippen MR) is 42.6 cm³/mol. The molecule has 0 fully saturated rings. The van der Waals surface area contributed by atoms with E-state index in [2.05, 4.69) is 5.10 Å². The number of rotatable bonds is 2. The van der Waals surface area contributed by atoms with Crippen LogP contribution < -0.4 is 0 Å². The summed E-state index contributed by atoms with van der Waals surface area (Å²) in [6.07, 6.45) is -2.88. The van der Waals surface area contributed by atoms with Gasteiger partial charge in [-0.15, -0.1) is 11.6 Å². The number of aromatic nitrogens is 2. The van der Waals surface area contributed by atoms with Gasteiger partial charge in [-0.25, -0.2) is 0 Å². The maximum absolute atomic E-state index is 11.9. The Kier molecular flexibility index (Phi) is 2.85. The van der Waals surface area contributed by atoms with Crippen LogP contribution in [0.3, 0.4) is 0 Å². The van der Waals surface area contributed by atoms with E-state index in [1.165, 1.54) is 6.20 Å². The lowest BCUT2D eigenvalue weighted by molar-refractivity contribution is -0.142. The van der Waals surface area contributed by atoms with Crippen LogP contribution >= 0.6 is 11.6 Å². The molecule has 0 aromatic carbocycles. The van der Waals surface area contributed by atoms with Crippen LogP contribution in [0.4, 0.5) is 13.2 Å². The molecule has 13 heavy (non-hydrogen) atoms. The Morgan fingerprint density at radius 3 is 2.54 bits per heavy atom. The molecule has 0 radical (unpaired) electrons. The van der Waals surface area contributed by atoms with Gasteiger partial charge in [0.1, 0.15) is 6.54 Å². The second kappa shape index (κ2) is 3.57. The fourth-order valence-electron chi connectivity index (χ4n) is 0.946. The molecule has 0 saturated carbocycles. The van der Waals surface area contributed by atoms with Gasteiger partial charge in [-0.3, -0.25) is 4.68 Å². The van der Waals surface area contributed by atoms with Crippen molar-refractivity contribution in [3.05, 3.63) is 17.5 Å². The minimum Gasteiger partial charge on any atom is -0.260 e. The zero-order chi connectivity index (χ0) is 10.1. The highest BCUT2D eigenvalue weighted by Gasteiger charge is 2.29. The lowest BCUT2D eigenvalue weighted by Crippen LogP contribution is -2.19. The predicted octanol–water partition coefficient (Wildman–Crippen LogP) is 2.49. The molecule has 0 saturated heterocycles. The Hall–Kier alpha value is -0.710. The van der Waals surface area contributed by atoms with E-state index in [-0.39, 0.29) is 5.88 Å². The van der Waals surface area contributed by atoms with E-state index in [0.29, 0.717) is 11.3 Å². The molecular weight excluding hydrogens is 205 g/mol. The Balaban J connectivity index is 2.84. The van der Waals surface area contributed by atoms with E-state index in [0.717, 1.165) is 4.68 Å². The second-order valence-corrected chi connectivity index (χ2v) is 2.93. The number of hydrogen-bond acceptors (Lipinski definition) is 1. The lowest BCUT2D eigenvalue weighted by atomic mass is 10.3. The van der Waals surface area contributed by atoms with Crippen molar-refractivity contribution < 1.29 is 13.2 Å². The third-order valence-electron chi connectivity index (χ3n) is 1.68. The van der Waals surface area contributed by atoms with Gasteiger partial charge in [0.25, 0.3) is 0 Å². The first kappa shape index (κ1) is 10.4. The van der Waals surface area contributed by atoms with Crippen LogP contribution in [0, 0.1) is 6.92 Å². The van der Waals surface area contributed by atoms with Crippen molar-refractivity contribution in [2.24, 2.45) is 0 Å². The molecule has 1 aromatic rings. The van der Waals surface area contributed by atoms with Crippen LogP contribution in [0.5, 0.6) is 0 Å². The van der Waals surface area contributed by atoms with Crippen molar-refractivity contribution >= 4 is 11.6 Å². The summed E-state index contributed by atoms with van der Waals surface area (Å²) in [4.78, 5) is 0. The largest absolute Gasteiger partial charge is 0.408 e. The highest BCUT2D eigenvalue weighted by Crippen LogP contribution is 2.19. The van der Waals surface area contributed by atoms with E-state index in [1.807, 2.05) is 0 Å². The van der Waals surface area contributed by atoms with Crippen molar-refractivity contribution in [2.45, 2.75) is 25.5 Å². The van der Waals surface area contributed by atoms with Crippen LogP contribution in [-0.4, -0.2) is 16.0 Å². The molecule has 0 aliphatic heterocycles. The third-order valence-corrected chi connectivity index (χ3v) is 1.97. The fourth-order valence-corrected chi connectivity index (χ4v) is 1.21. The molecule has 0 amide bonds. The standard InChI is InChI=1S/C7H8ClF3N2/c1-5-6(2-8)3-12-13(5)4-7(9,10)11/h3H,2,4H2,1H3. The molecule has 6 heteroatoms. The van der Waals surface area contributed by atoms with Gasteiger partial charge in [-0.2, -0.15) is 18.3 Å². The van der Waals surface area contributed by atoms with Gasteiger partial charge in [0.2, 0.25) is 0 Å². The van der Waals surface area contributed by atoms with E-state index in [4.69, 9.17) is 11.6 Å². The van der Waals surface area contributed by atoms with E-state index in [1.54, 1.807) is 6.92 Å². The summed E-state index contributed by atoms with van der Waals surface area (Å²) in [5.41, 5.74) is 1.10. The molecule has 0 aliphatic carbocycles. The van der Waals surface area contributed by atoms with Gasteiger partial charge in [-0.05, 0) is 6.92 Å². The first-order valence-electron chi connectivity index (χ1n) is 3.58. The first-order valence-corrected chi connectivity index (χ1v) is 4.11. The number of halogens is 4. The molecule has 74 valence electrons. The Bertz CT molecular complexity index is 292. The quantitative estimate of drug-likeness (QED) is 0.689. The van der Waals surface area contributed by atoms with Crippen molar-refractivity contribution in [3.63, 3.8) is 0 Å². The van der Waals surface area contributed by atoms with E-state index >= 15 is 0 Å². The summed E-state index contributed by atoms with van der Waals surface area (Å²) in [6, 6.07) is 0. The van der Waals surface area contributed by atoms with Crippen molar-refractivity contribution in [2.75, 3.05) is 0 Å². The summed E-state index contributed by atoms with van der Waals surface area (Å²) in [5.74, 6) is 0.184. The molecule has 1 rings (SSSR count). The van der Waals surface area contributed by atoms with Crippen molar-refractivity contribution in [1.29, 1.82) is 0 Å². The zero-order valence-corrected chi connectivity index (χ0v) is 7.65. The average Bonchev–Trinajstić information content (AvgIpc) is 2.30. The summed E-state index contributed by atoms with van der Waals surface area (Å²) >= 11 is 5.48. The van der Waals surface area contributed by atoms with Gasteiger partial charge in [0.05, 0.1) is 12.1 Å². The molecule has 0 unspecified atom stereocenters. The lowest BCUT2D eigenvalue weighted by Gasteiger charge is -2.08. The Labute approximate surface area is 78.3 Å². The molecule has 1 heterocycles. The summed E-state index contributed by atoms with van der Waals surface area (Å²) < 4.78 is 36.7. The molecule has 0 atom stereocenters. The SMILES string of the molecule is Cc1c(CCl)cnn1CC(F)(F)F. The molecule has 0 bridgehead atoms. The first-order chi connectivity index (χ1) is 5.94. The molecule has 2 nitrogen and oxygen atoms in total. The molecule has 0 aliphatic rings. The van der Waals surface area contributed by atoms with Crippen LogP contribution in [0.15, 0.2) is 6.20 Å². The smallest absolute Gasteiger partial charge is 0.260 e. The fraction of sp³-hybridized carbons (Fsp3) is 0.571. The van der Waals surface area contributed by atoms with Crippen LogP contribution in [-0.2, 0) is 12.4 Å². The van der Waals surface area contributed by atoms with E-state index < -0.39 is 12.7 Å². The normalized spacial score (nSPS) is 12.1. The molecule has 1 aromatic heterocycles. The van der Waals surface area contributed by atoms with Crippen LogP contribution in [0.2, 0.25) is 0 Å². The maximum Gasteiger partial charge on any atom is 0.408 e. The van der Waals surface area contributed by atoms with Gasteiger partial charge in [-0.1, -0.05) is 0 Å². The molecule has 0 spiro atoms. The van der Waals surface area contributed by atoms with Gasteiger partial charge >= 0.3 is 6.18 Å². The highest BCUT2D eigenvalue weighted by atomic mass is 35.5. The number of nitrogens with zero attached hydrogens (tertiary/aromatic N) is 2. The van der Waals surface area contributed by atoms with Crippen molar-refractivity contribution in [3.8, 4) is 0 Å². The van der Waals surface area contributed by atoms with E-state index in [9.17, 15) is 13.2 Å². The molecule has 0 N–H and O–H groups in total. The summed E-state index contributed by atoms with van der Waals surface area (Å²) in [6.45, 7) is 0.506. The van der Waals surface area contributed by atoms with Crippen molar-refractivity contribution in [1.82, 2.24) is 9.78 Å². The monoisotopic (exact) mass is 212 g/mol. The summed E-state index contributed by atoms with van der Waals surface area (Å²) in [7, 11) is 0. The minimum atomic E-state index is -4.24. The number of hydrogen-bond donors (Lipinski definition) is 0. The number of alkyl halides is 4. The highest BCUT2D eigenvalue weighted by molar-refractivity contribution is 6.17. The third kappa shape index (κ3) is 2.62. The van der Waals surface area contributed by atoms with Gasteiger partial charge < -0.3 is 0 Å². The topological polar surface area (TPSA) is 17.8 Å². The summed E-state index contributed by atoms with van der Waals surface area (Å²) in [5, 5.41) is 3.58. The van der Waals surface area contributed by atoms with Gasteiger partial charge in [0.15, 0.2) is 0 Å².